The Morgan fingerprint density at radius 2 is 2.14 bits per heavy atom. The second-order valence-electron chi connectivity index (χ2n) is 7.38. The molecule has 2 atom stereocenters. The highest BCUT2D eigenvalue weighted by molar-refractivity contribution is 5.78. The van der Waals surface area contributed by atoms with Crippen LogP contribution in [-0.2, 0) is 4.79 Å². The average molecular weight is 302 g/mol. The van der Waals surface area contributed by atoms with E-state index in [9.17, 15) is 4.79 Å². The highest BCUT2D eigenvalue weighted by Crippen LogP contribution is 2.37. The van der Waals surface area contributed by atoms with Crippen molar-refractivity contribution >= 4 is 5.91 Å². The van der Waals surface area contributed by atoms with E-state index in [-0.39, 0.29) is 0 Å². The molecule has 3 heterocycles. The fraction of sp³-hybridized carbons (Fsp3) is 0.765. The molecule has 0 unspecified atom stereocenters. The minimum Gasteiger partial charge on any atom is -0.342 e. The fourth-order valence-electron chi connectivity index (χ4n) is 4.68. The maximum absolute atomic E-state index is 12.6. The first kappa shape index (κ1) is 14.2. The van der Waals surface area contributed by atoms with Crippen LogP contribution in [0.15, 0.2) is 6.20 Å². The van der Waals surface area contributed by atoms with Gasteiger partial charge in [0.25, 0.3) is 0 Å². The zero-order chi connectivity index (χ0) is 15.1. The summed E-state index contributed by atoms with van der Waals surface area (Å²) < 4.78 is 0. The van der Waals surface area contributed by atoms with E-state index in [1.54, 1.807) is 0 Å². The summed E-state index contributed by atoms with van der Waals surface area (Å²) in [5.74, 6) is 1.74. The number of fused-ring (bicyclic) bond motifs is 2. The molecule has 2 bridgehead atoms. The normalized spacial score (nSPS) is 29.4. The summed E-state index contributed by atoms with van der Waals surface area (Å²) in [5, 5.41) is 7.26. The van der Waals surface area contributed by atoms with Crippen LogP contribution in [0.2, 0.25) is 0 Å². The summed E-state index contributed by atoms with van der Waals surface area (Å²) in [6, 6.07) is 0.694. The van der Waals surface area contributed by atoms with Crippen LogP contribution in [0.5, 0.6) is 0 Å². The number of nitrogens with one attached hydrogen (secondary N) is 1. The van der Waals surface area contributed by atoms with Crippen LogP contribution in [-0.4, -0.2) is 58.1 Å². The minimum absolute atomic E-state index is 0.340. The third kappa shape index (κ3) is 2.56. The first-order valence-corrected chi connectivity index (χ1v) is 8.72. The number of amides is 1. The first-order valence-electron chi connectivity index (χ1n) is 8.72. The third-order valence-corrected chi connectivity index (χ3v) is 5.98. The molecule has 0 aromatic carbocycles. The Morgan fingerprint density at radius 3 is 2.73 bits per heavy atom. The number of carbonyl (C=O) groups is 1. The average Bonchev–Trinajstić information content (AvgIpc) is 3.24. The van der Waals surface area contributed by atoms with E-state index in [0.29, 0.717) is 24.4 Å². The molecule has 5 nitrogen and oxygen atoms in total. The van der Waals surface area contributed by atoms with Gasteiger partial charge >= 0.3 is 0 Å². The minimum atomic E-state index is 0.340. The third-order valence-electron chi connectivity index (χ3n) is 5.98. The van der Waals surface area contributed by atoms with E-state index in [0.717, 1.165) is 38.4 Å². The van der Waals surface area contributed by atoms with Crippen molar-refractivity contribution < 1.29 is 4.79 Å². The lowest BCUT2D eigenvalue weighted by atomic mass is 9.91. The van der Waals surface area contributed by atoms with Crippen molar-refractivity contribution in [3.05, 3.63) is 17.5 Å². The molecule has 0 radical (unpaired) electrons. The maximum Gasteiger partial charge on any atom is 0.236 e. The zero-order valence-electron chi connectivity index (χ0n) is 13.4. The van der Waals surface area contributed by atoms with E-state index in [4.69, 9.17) is 0 Å². The van der Waals surface area contributed by atoms with Crippen molar-refractivity contribution in [3.8, 4) is 0 Å². The molecule has 5 heteroatoms. The number of aromatic nitrogens is 2. The van der Waals surface area contributed by atoms with Gasteiger partial charge in [-0.25, -0.2) is 0 Å². The van der Waals surface area contributed by atoms with Crippen molar-refractivity contribution in [1.82, 2.24) is 20.0 Å². The van der Waals surface area contributed by atoms with Crippen molar-refractivity contribution in [2.24, 2.45) is 5.92 Å². The molecule has 3 aliphatic rings. The Hall–Kier alpha value is -1.36. The highest BCUT2D eigenvalue weighted by Gasteiger charge is 2.39. The van der Waals surface area contributed by atoms with Gasteiger partial charge in [0.15, 0.2) is 0 Å². The number of hydrogen-bond acceptors (Lipinski definition) is 3. The molecule has 4 rings (SSSR count). The molecule has 2 aliphatic heterocycles. The number of nitrogens with zero attached hydrogens (tertiary/aromatic N) is 3. The van der Waals surface area contributed by atoms with E-state index in [1.165, 1.54) is 30.5 Å². The lowest BCUT2D eigenvalue weighted by Crippen LogP contribution is -2.45. The highest BCUT2D eigenvalue weighted by atomic mass is 16.2. The van der Waals surface area contributed by atoms with Crippen molar-refractivity contribution in [2.45, 2.75) is 51.0 Å². The molecular weight excluding hydrogens is 276 g/mol. The van der Waals surface area contributed by atoms with Crippen LogP contribution < -0.4 is 0 Å². The molecule has 22 heavy (non-hydrogen) atoms. The van der Waals surface area contributed by atoms with Gasteiger partial charge in [-0.3, -0.25) is 14.8 Å². The molecular formula is C17H26N4O. The van der Waals surface area contributed by atoms with Crippen LogP contribution >= 0.6 is 0 Å². The molecule has 0 spiro atoms. The van der Waals surface area contributed by atoms with Gasteiger partial charge in [-0.1, -0.05) is 0 Å². The Kier molecular flexibility index (Phi) is 3.68. The standard InChI is InChI=1S/C17H26N4O/c1-12-9-18-19-17(12)14-4-6-20(7-5-14)16(22)11-21-10-13-2-3-15(21)8-13/h9,13-15H,2-8,10-11H2,1H3,(H,18,19)/t13-,15+/m0/s1. The Labute approximate surface area is 132 Å². The fourth-order valence-corrected chi connectivity index (χ4v) is 4.68. The smallest absolute Gasteiger partial charge is 0.236 e. The predicted molar refractivity (Wildman–Crippen MR) is 84.6 cm³/mol. The number of hydrogen-bond donors (Lipinski definition) is 1. The SMILES string of the molecule is Cc1cn[nH]c1C1CCN(C(=O)CN2C[C@H]3CC[C@@H]2C3)CC1. The van der Waals surface area contributed by atoms with Gasteiger partial charge in [0.05, 0.1) is 12.7 Å². The Bertz CT molecular complexity index is 547. The number of carbonyl (C=O) groups excluding carboxylic acids is 1. The van der Waals surface area contributed by atoms with Crippen LogP contribution in [0, 0.1) is 12.8 Å². The summed E-state index contributed by atoms with van der Waals surface area (Å²) in [4.78, 5) is 17.1. The zero-order valence-corrected chi connectivity index (χ0v) is 13.4. The van der Waals surface area contributed by atoms with Crippen molar-refractivity contribution in [1.29, 1.82) is 0 Å². The second-order valence-corrected chi connectivity index (χ2v) is 7.38. The number of rotatable bonds is 3. The topological polar surface area (TPSA) is 52.2 Å². The molecule has 1 amide bonds. The van der Waals surface area contributed by atoms with Gasteiger partial charge < -0.3 is 4.90 Å². The molecule has 1 aliphatic carbocycles. The first-order chi connectivity index (χ1) is 10.7. The van der Waals surface area contributed by atoms with Gasteiger partial charge in [0.2, 0.25) is 5.91 Å². The summed E-state index contributed by atoms with van der Waals surface area (Å²) in [5.41, 5.74) is 2.52. The predicted octanol–water partition coefficient (Wildman–Crippen LogP) is 1.91. The number of aryl methyl sites for hydroxylation is 1. The van der Waals surface area contributed by atoms with Crippen LogP contribution in [0.25, 0.3) is 0 Å². The van der Waals surface area contributed by atoms with Gasteiger partial charge in [-0.2, -0.15) is 5.10 Å². The monoisotopic (exact) mass is 302 g/mol. The maximum atomic E-state index is 12.6. The lowest BCUT2D eigenvalue weighted by molar-refractivity contribution is -0.133. The summed E-state index contributed by atoms with van der Waals surface area (Å²) in [7, 11) is 0. The second kappa shape index (κ2) is 5.69. The quantitative estimate of drug-likeness (QED) is 0.928. The van der Waals surface area contributed by atoms with Gasteiger partial charge in [0, 0.05) is 37.3 Å². The molecule has 1 N–H and O–H groups in total. The van der Waals surface area contributed by atoms with E-state index >= 15 is 0 Å². The molecule has 120 valence electrons. The summed E-state index contributed by atoms with van der Waals surface area (Å²) >= 11 is 0. The number of H-pyrrole nitrogens is 1. The summed E-state index contributed by atoms with van der Waals surface area (Å²) in [6.45, 7) is 5.70. The van der Waals surface area contributed by atoms with Crippen LogP contribution in [0.4, 0.5) is 0 Å². The van der Waals surface area contributed by atoms with Crippen LogP contribution in [0.1, 0.15) is 49.3 Å². The van der Waals surface area contributed by atoms with E-state index in [1.807, 2.05) is 6.20 Å². The van der Waals surface area contributed by atoms with Crippen LogP contribution in [0.3, 0.4) is 0 Å². The van der Waals surface area contributed by atoms with Crippen molar-refractivity contribution in [2.75, 3.05) is 26.2 Å². The molecule has 1 aromatic heterocycles. The lowest BCUT2D eigenvalue weighted by Gasteiger charge is -2.34. The number of aromatic amines is 1. The van der Waals surface area contributed by atoms with Gasteiger partial charge in [-0.15, -0.1) is 0 Å². The number of piperidine rings is 2. The van der Waals surface area contributed by atoms with Crippen molar-refractivity contribution in [3.63, 3.8) is 0 Å². The molecule has 1 saturated carbocycles. The number of likely N-dealkylation sites (tertiary alicyclic amines) is 2. The van der Waals surface area contributed by atoms with Gasteiger partial charge in [-0.05, 0) is 50.5 Å². The Balaban J connectivity index is 1.30. The molecule has 3 fully saturated rings. The van der Waals surface area contributed by atoms with Gasteiger partial charge in [0.1, 0.15) is 0 Å². The molecule has 2 saturated heterocycles. The van der Waals surface area contributed by atoms with E-state index in [2.05, 4.69) is 26.9 Å². The summed E-state index contributed by atoms with van der Waals surface area (Å²) in [6.07, 6.45) is 8.02. The Morgan fingerprint density at radius 1 is 1.32 bits per heavy atom. The molecule has 1 aromatic rings. The van der Waals surface area contributed by atoms with E-state index < -0.39 is 0 Å². The largest absolute Gasteiger partial charge is 0.342 e.